The molecule has 1 aromatic heterocycles. The second kappa shape index (κ2) is 4.72. The molecular weight excluding hydrogens is 244 g/mol. The zero-order valence-electron chi connectivity index (χ0n) is 11.4. The molecule has 1 aromatic carbocycles. The van der Waals surface area contributed by atoms with Crippen LogP contribution in [0, 0.1) is 13.8 Å². The summed E-state index contributed by atoms with van der Waals surface area (Å²) in [6, 6.07) is 3.70. The number of aromatic carboxylic acids is 1. The molecule has 0 spiro atoms. The third-order valence-electron chi connectivity index (χ3n) is 3.16. The van der Waals surface area contributed by atoms with E-state index >= 15 is 0 Å². The largest absolute Gasteiger partial charge is 0.478 e. The molecule has 0 bridgehead atoms. The number of hydrogen-bond donors (Lipinski definition) is 2. The van der Waals surface area contributed by atoms with Crippen LogP contribution in [-0.4, -0.2) is 32.9 Å². The second-order valence-corrected chi connectivity index (χ2v) is 4.41. The molecule has 0 fully saturated rings. The van der Waals surface area contributed by atoms with Crippen LogP contribution in [0.1, 0.15) is 21.5 Å². The van der Waals surface area contributed by atoms with Crippen molar-refractivity contribution in [3.05, 3.63) is 28.8 Å². The van der Waals surface area contributed by atoms with E-state index in [0.29, 0.717) is 22.9 Å². The maximum atomic E-state index is 11.5. The Bertz CT molecular complexity index is 646. The summed E-state index contributed by atoms with van der Waals surface area (Å²) >= 11 is 0. The van der Waals surface area contributed by atoms with Crippen LogP contribution in [-0.2, 0) is 7.05 Å². The van der Waals surface area contributed by atoms with Crippen LogP contribution < -0.4 is 5.32 Å². The first-order valence-electron chi connectivity index (χ1n) is 5.88. The highest BCUT2D eigenvalue weighted by Crippen LogP contribution is 2.29. The molecule has 2 aromatic rings. The predicted molar refractivity (Wildman–Crippen MR) is 72.4 cm³/mol. The number of carboxylic acids is 1. The molecule has 100 valence electrons. The summed E-state index contributed by atoms with van der Waals surface area (Å²) in [5, 5.41) is 20.4. The van der Waals surface area contributed by atoms with Gasteiger partial charge in [-0.05, 0) is 25.0 Å². The first-order chi connectivity index (χ1) is 8.97. The van der Waals surface area contributed by atoms with Crippen molar-refractivity contribution in [3.63, 3.8) is 0 Å². The van der Waals surface area contributed by atoms with Crippen molar-refractivity contribution in [2.24, 2.45) is 7.05 Å². The average Bonchev–Trinajstić information content (AvgIpc) is 2.72. The first-order valence-corrected chi connectivity index (χ1v) is 5.88. The van der Waals surface area contributed by atoms with Gasteiger partial charge in [0, 0.05) is 19.7 Å². The fraction of sp³-hybridized carbons (Fsp3) is 0.308. The Hall–Kier alpha value is -2.37. The average molecular weight is 260 g/mol. The third-order valence-corrected chi connectivity index (χ3v) is 3.16. The van der Waals surface area contributed by atoms with Crippen LogP contribution >= 0.6 is 0 Å². The number of carboxylic acid groups (broad SMARTS) is 1. The molecule has 2 N–H and O–H groups in total. The van der Waals surface area contributed by atoms with Crippen LogP contribution in [0.25, 0.3) is 11.4 Å². The number of rotatable bonds is 3. The second-order valence-electron chi connectivity index (χ2n) is 4.41. The molecule has 0 unspecified atom stereocenters. The summed E-state index contributed by atoms with van der Waals surface area (Å²) < 4.78 is 1.74. The maximum Gasteiger partial charge on any atom is 0.336 e. The van der Waals surface area contributed by atoms with Gasteiger partial charge < -0.3 is 10.4 Å². The minimum absolute atomic E-state index is 0.276. The van der Waals surface area contributed by atoms with E-state index in [1.165, 1.54) is 0 Å². The van der Waals surface area contributed by atoms with Crippen LogP contribution in [0.4, 0.5) is 5.95 Å². The number of nitrogens with zero attached hydrogens (tertiary/aromatic N) is 3. The van der Waals surface area contributed by atoms with Gasteiger partial charge in [0.15, 0.2) is 5.82 Å². The lowest BCUT2D eigenvalue weighted by molar-refractivity contribution is 0.0697. The molecule has 0 aliphatic rings. The molecule has 0 aliphatic carbocycles. The van der Waals surface area contributed by atoms with Gasteiger partial charge in [0.1, 0.15) is 0 Å². The van der Waals surface area contributed by atoms with Gasteiger partial charge in [0.25, 0.3) is 0 Å². The van der Waals surface area contributed by atoms with Gasteiger partial charge in [-0.25, -0.2) is 4.79 Å². The van der Waals surface area contributed by atoms with E-state index in [9.17, 15) is 9.90 Å². The lowest BCUT2D eigenvalue weighted by atomic mass is 9.96. The smallest absolute Gasteiger partial charge is 0.336 e. The summed E-state index contributed by atoms with van der Waals surface area (Å²) in [5.41, 5.74) is 2.46. The monoisotopic (exact) mass is 260 g/mol. The standard InChI is InChI=1S/C13H16N4O2/c1-7-5-6-8(2)10(12(18)19)9(7)11-15-16-13(14-3)17(11)4/h5-6H,1-4H3,(H,14,16)(H,18,19). The zero-order chi connectivity index (χ0) is 14.2. The van der Waals surface area contributed by atoms with E-state index in [0.717, 1.165) is 5.56 Å². The number of carbonyl (C=O) groups is 1. The van der Waals surface area contributed by atoms with Crippen molar-refractivity contribution < 1.29 is 9.90 Å². The highest BCUT2D eigenvalue weighted by Gasteiger charge is 2.21. The van der Waals surface area contributed by atoms with Crippen molar-refractivity contribution in [2.45, 2.75) is 13.8 Å². The number of aryl methyl sites for hydroxylation is 2. The first kappa shape index (κ1) is 13.1. The molecule has 6 heteroatoms. The number of hydrogen-bond acceptors (Lipinski definition) is 4. The molecule has 0 saturated carbocycles. The molecule has 1 heterocycles. The lowest BCUT2D eigenvalue weighted by Gasteiger charge is -2.12. The SMILES string of the molecule is CNc1nnc(-c2c(C)ccc(C)c2C(=O)O)n1C. The number of aromatic nitrogens is 3. The Labute approximate surface area is 111 Å². The van der Waals surface area contributed by atoms with Gasteiger partial charge in [-0.3, -0.25) is 4.57 Å². The molecule has 0 aliphatic heterocycles. The quantitative estimate of drug-likeness (QED) is 0.880. The summed E-state index contributed by atoms with van der Waals surface area (Å²) in [4.78, 5) is 11.5. The predicted octanol–water partition coefficient (Wildman–Crippen LogP) is 1.84. The Morgan fingerprint density at radius 3 is 2.42 bits per heavy atom. The highest BCUT2D eigenvalue weighted by molar-refractivity contribution is 5.97. The number of benzene rings is 1. The summed E-state index contributed by atoms with van der Waals surface area (Å²) in [6.45, 7) is 3.65. The Kier molecular flexibility index (Phi) is 3.25. The molecule has 0 amide bonds. The summed E-state index contributed by atoms with van der Waals surface area (Å²) in [6.07, 6.45) is 0. The molecule has 6 nitrogen and oxygen atoms in total. The van der Waals surface area contributed by atoms with Gasteiger partial charge in [-0.15, -0.1) is 10.2 Å². The van der Waals surface area contributed by atoms with Crippen molar-refractivity contribution in [3.8, 4) is 11.4 Å². The van der Waals surface area contributed by atoms with E-state index in [1.54, 1.807) is 31.7 Å². The lowest BCUT2D eigenvalue weighted by Crippen LogP contribution is -2.08. The van der Waals surface area contributed by atoms with Crippen LogP contribution in [0.2, 0.25) is 0 Å². The normalized spacial score (nSPS) is 10.5. The molecule has 0 radical (unpaired) electrons. The van der Waals surface area contributed by atoms with Gasteiger partial charge >= 0.3 is 5.97 Å². The summed E-state index contributed by atoms with van der Waals surface area (Å²) in [7, 11) is 3.55. The van der Waals surface area contributed by atoms with Gasteiger partial charge in [-0.2, -0.15) is 0 Å². The maximum absolute atomic E-state index is 11.5. The zero-order valence-corrected chi connectivity index (χ0v) is 11.4. The minimum Gasteiger partial charge on any atom is -0.478 e. The van der Waals surface area contributed by atoms with Gasteiger partial charge in [0.05, 0.1) is 5.56 Å². The van der Waals surface area contributed by atoms with E-state index in [2.05, 4.69) is 15.5 Å². The molecule has 2 rings (SSSR count). The van der Waals surface area contributed by atoms with E-state index in [4.69, 9.17) is 0 Å². The van der Waals surface area contributed by atoms with E-state index < -0.39 is 5.97 Å². The third kappa shape index (κ3) is 2.05. The van der Waals surface area contributed by atoms with E-state index in [1.807, 2.05) is 13.0 Å². The van der Waals surface area contributed by atoms with Crippen molar-refractivity contribution in [1.29, 1.82) is 0 Å². The highest BCUT2D eigenvalue weighted by atomic mass is 16.4. The van der Waals surface area contributed by atoms with Crippen LogP contribution in [0.5, 0.6) is 0 Å². The Morgan fingerprint density at radius 2 is 1.89 bits per heavy atom. The fourth-order valence-corrected chi connectivity index (χ4v) is 2.14. The van der Waals surface area contributed by atoms with E-state index in [-0.39, 0.29) is 5.56 Å². The molecule has 19 heavy (non-hydrogen) atoms. The minimum atomic E-state index is -0.954. The fourth-order valence-electron chi connectivity index (χ4n) is 2.14. The van der Waals surface area contributed by atoms with Crippen LogP contribution in [0.15, 0.2) is 12.1 Å². The Balaban J connectivity index is 2.77. The van der Waals surface area contributed by atoms with Gasteiger partial charge in [0.2, 0.25) is 5.95 Å². The summed E-state index contributed by atoms with van der Waals surface area (Å²) in [5.74, 6) is 0.181. The Morgan fingerprint density at radius 1 is 1.26 bits per heavy atom. The van der Waals surface area contributed by atoms with Crippen molar-refractivity contribution in [1.82, 2.24) is 14.8 Å². The number of nitrogens with one attached hydrogen (secondary N) is 1. The van der Waals surface area contributed by atoms with Crippen molar-refractivity contribution in [2.75, 3.05) is 12.4 Å². The molecule has 0 saturated heterocycles. The number of anilines is 1. The van der Waals surface area contributed by atoms with Crippen LogP contribution in [0.3, 0.4) is 0 Å². The van der Waals surface area contributed by atoms with Crippen molar-refractivity contribution >= 4 is 11.9 Å². The molecular formula is C13H16N4O2. The molecule has 0 atom stereocenters. The van der Waals surface area contributed by atoms with Gasteiger partial charge in [-0.1, -0.05) is 12.1 Å². The topological polar surface area (TPSA) is 80.0 Å².